The Morgan fingerprint density at radius 3 is 2.24 bits per heavy atom. The molecule has 3 amide bonds. The van der Waals surface area contributed by atoms with Crippen molar-refractivity contribution >= 4 is 34.9 Å². The number of aryl methyl sites for hydroxylation is 1. The third kappa shape index (κ3) is 5.59. The summed E-state index contributed by atoms with van der Waals surface area (Å²) in [4.78, 5) is 55.4. The molecule has 0 aromatic heterocycles. The molecule has 38 heavy (non-hydrogen) atoms. The number of ketones is 1. The lowest BCUT2D eigenvalue weighted by molar-refractivity contribution is -0.140. The number of hydrogen-bond acceptors (Lipinski definition) is 5. The quantitative estimate of drug-likeness (QED) is 0.432. The van der Waals surface area contributed by atoms with Gasteiger partial charge in [-0.3, -0.25) is 24.1 Å². The lowest BCUT2D eigenvalue weighted by Crippen LogP contribution is -2.53. The molecule has 1 N–H and O–H groups in total. The lowest BCUT2D eigenvalue weighted by atomic mass is 9.99. The number of ether oxygens (including phenoxy) is 1. The Bertz CT molecular complexity index is 1350. The molecular weight excluding hydrogens is 482 g/mol. The van der Waals surface area contributed by atoms with Gasteiger partial charge >= 0.3 is 0 Å². The van der Waals surface area contributed by atoms with Gasteiger partial charge in [0.25, 0.3) is 11.7 Å². The summed E-state index contributed by atoms with van der Waals surface area (Å²) in [7, 11) is 1.56. The van der Waals surface area contributed by atoms with Gasteiger partial charge in [-0.15, -0.1) is 0 Å². The zero-order valence-corrected chi connectivity index (χ0v) is 21.9. The summed E-state index contributed by atoms with van der Waals surface area (Å²) in [5.41, 5.74) is 3.15. The number of rotatable bonds is 9. The highest BCUT2D eigenvalue weighted by atomic mass is 16.5. The van der Waals surface area contributed by atoms with Gasteiger partial charge in [-0.1, -0.05) is 55.8 Å². The van der Waals surface area contributed by atoms with Crippen LogP contribution < -0.4 is 15.0 Å². The van der Waals surface area contributed by atoms with Gasteiger partial charge in [0.15, 0.2) is 0 Å². The summed E-state index contributed by atoms with van der Waals surface area (Å²) in [6.07, 6.45) is 0. The zero-order valence-electron chi connectivity index (χ0n) is 21.9. The average molecular weight is 514 g/mol. The molecule has 1 unspecified atom stereocenters. The fraction of sp³-hybridized carbons (Fsp3) is 0.267. The molecule has 4 rings (SSSR count). The van der Waals surface area contributed by atoms with Crippen molar-refractivity contribution in [3.8, 4) is 5.75 Å². The Balaban J connectivity index is 1.64. The van der Waals surface area contributed by atoms with Crippen LogP contribution in [-0.2, 0) is 20.9 Å². The van der Waals surface area contributed by atoms with Gasteiger partial charge in [-0.05, 0) is 54.8 Å². The number of nitrogens with zero attached hydrogens (tertiary/aromatic N) is 2. The van der Waals surface area contributed by atoms with Gasteiger partial charge in [0.1, 0.15) is 18.3 Å². The summed E-state index contributed by atoms with van der Waals surface area (Å²) < 4.78 is 5.19. The number of Topliss-reactive ketones (excluding diaryl/α,β-unsaturated/α-hetero) is 1. The highest BCUT2D eigenvalue weighted by molar-refractivity contribution is 6.52. The average Bonchev–Trinajstić information content (AvgIpc) is 3.14. The van der Waals surface area contributed by atoms with E-state index in [4.69, 9.17) is 4.74 Å². The molecule has 0 fully saturated rings. The predicted molar refractivity (Wildman–Crippen MR) is 145 cm³/mol. The van der Waals surface area contributed by atoms with Crippen LogP contribution in [0.4, 0.5) is 11.4 Å². The van der Waals surface area contributed by atoms with E-state index in [0.29, 0.717) is 17.1 Å². The second-order valence-corrected chi connectivity index (χ2v) is 9.65. The van der Waals surface area contributed by atoms with Gasteiger partial charge in [0.05, 0.1) is 18.4 Å². The van der Waals surface area contributed by atoms with Gasteiger partial charge in [0.2, 0.25) is 11.8 Å². The molecule has 1 aliphatic heterocycles. The first-order chi connectivity index (χ1) is 18.2. The molecule has 0 radical (unpaired) electrons. The fourth-order valence-corrected chi connectivity index (χ4v) is 4.56. The Hall–Kier alpha value is -4.46. The summed E-state index contributed by atoms with van der Waals surface area (Å²) >= 11 is 0. The molecule has 3 aromatic rings. The third-order valence-electron chi connectivity index (χ3n) is 6.56. The smallest absolute Gasteiger partial charge is 0.299 e. The highest BCUT2D eigenvalue weighted by Crippen LogP contribution is 2.29. The molecular formula is C30H31N3O5. The van der Waals surface area contributed by atoms with Gasteiger partial charge in [-0.25, -0.2) is 0 Å². The maximum atomic E-state index is 13.8. The number of fused-ring (bicyclic) bond motifs is 1. The first-order valence-electron chi connectivity index (χ1n) is 12.4. The van der Waals surface area contributed by atoms with Gasteiger partial charge in [0, 0.05) is 12.2 Å². The number of carbonyl (C=O) groups excluding carboxylic acids is 4. The monoisotopic (exact) mass is 513 g/mol. The molecule has 8 heteroatoms. The Morgan fingerprint density at radius 2 is 1.61 bits per heavy atom. The van der Waals surface area contributed by atoms with Crippen LogP contribution in [0.2, 0.25) is 0 Å². The number of nitrogens with one attached hydrogen (secondary N) is 1. The second kappa shape index (κ2) is 11.3. The van der Waals surface area contributed by atoms with E-state index in [1.165, 1.54) is 9.80 Å². The number of anilines is 2. The molecule has 1 heterocycles. The van der Waals surface area contributed by atoms with Crippen molar-refractivity contribution in [2.45, 2.75) is 33.4 Å². The van der Waals surface area contributed by atoms with Crippen molar-refractivity contribution in [3.05, 3.63) is 89.5 Å². The molecule has 0 saturated heterocycles. The minimum Gasteiger partial charge on any atom is -0.497 e. The topological polar surface area (TPSA) is 96.0 Å². The molecule has 0 aliphatic carbocycles. The normalized spacial score (nSPS) is 13.3. The largest absolute Gasteiger partial charge is 0.497 e. The first kappa shape index (κ1) is 26.6. The van der Waals surface area contributed by atoms with Crippen LogP contribution in [0, 0.1) is 12.8 Å². The molecule has 196 valence electrons. The van der Waals surface area contributed by atoms with E-state index in [0.717, 1.165) is 11.1 Å². The molecule has 1 aliphatic rings. The third-order valence-corrected chi connectivity index (χ3v) is 6.56. The molecule has 1 atom stereocenters. The van der Waals surface area contributed by atoms with E-state index in [9.17, 15) is 19.2 Å². The van der Waals surface area contributed by atoms with Gasteiger partial charge < -0.3 is 15.0 Å². The van der Waals surface area contributed by atoms with E-state index in [-0.39, 0.29) is 30.5 Å². The maximum absolute atomic E-state index is 13.8. The SMILES string of the molecule is COc1ccc(NC(=O)C(C(C)C)N(Cc2ccc(C)cc2)C(=O)CN2C(=O)C(=O)c3ccccc32)cc1. The van der Waals surface area contributed by atoms with E-state index < -0.39 is 23.6 Å². The maximum Gasteiger partial charge on any atom is 0.299 e. The number of carbonyl (C=O) groups is 4. The van der Waals surface area contributed by atoms with E-state index in [2.05, 4.69) is 5.32 Å². The number of hydrogen-bond donors (Lipinski definition) is 1. The van der Waals surface area contributed by atoms with Crippen molar-refractivity contribution in [1.29, 1.82) is 0 Å². The van der Waals surface area contributed by atoms with E-state index in [1.54, 1.807) is 55.6 Å². The molecule has 0 bridgehead atoms. The molecule has 8 nitrogen and oxygen atoms in total. The van der Waals surface area contributed by atoms with E-state index in [1.807, 2.05) is 45.0 Å². The number of methoxy groups -OCH3 is 1. The molecule has 0 saturated carbocycles. The number of benzene rings is 3. The standard InChI is InChI=1S/C30H31N3O5/c1-19(2)27(29(36)31-22-13-15-23(38-4)16-14-22)33(17-21-11-9-20(3)10-12-21)26(34)18-32-25-8-6-5-7-24(25)28(35)30(32)37/h5-16,19,27H,17-18H2,1-4H3,(H,31,36). The van der Waals surface area contributed by atoms with Crippen molar-refractivity contribution < 1.29 is 23.9 Å². The molecule has 3 aromatic carbocycles. The minimum absolute atomic E-state index is 0.162. The summed E-state index contributed by atoms with van der Waals surface area (Å²) in [6, 6.07) is 20.4. The Labute approximate surface area is 222 Å². The highest BCUT2D eigenvalue weighted by Gasteiger charge is 2.39. The van der Waals surface area contributed by atoms with E-state index >= 15 is 0 Å². The van der Waals surface area contributed by atoms with Gasteiger partial charge in [-0.2, -0.15) is 0 Å². The van der Waals surface area contributed by atoms with Crippen molar-refractivity contribution in [3.63, 3.8) is 0 Å². The summed E-state index contributed by atoms with van der Waals surface area (Å²) in [5.74, 6) is -1.77. The zero-order chi connectivity index (χ0) is 27.4. The number of amides is 3. The first-order valence-corrected chi connectivity index (χ1v) is 12.4. The van der Waals surface area contributed by atoms with Crippen molar-refractivity contribution in [1.82, 2.24) is 4.90 Å². The van der Waals surface area contributed by atoms with Crippen LogP contribution in [0.15, 0.2) is 72.8 Å². The van der Waals surface area contributed by atoms with Crippen LogP contribution >= 0.6 is 0 Å². The van der Waals surface area contributed by atoms with Crippen molar-refractivity contribution in [2.24, 2.45) is 5.92 Å². The van der Waals surface area contributed by atoms with Crippen LogP contribution in [0.25, 0.3) is 0 Å². The van der Waals surface area contributed by atoms with Crippen LogP contribution in [0.5, 0.6) is 5.75 Å². The number of para-hydroxylation sites is 1. The second-order valence-electron chi connectivity index (χ2n) is 9.65. The summed E-state index contributed by atoms with van der Waals surface area (Å²) in [5, 5.41) is 2.91. The lowest BCUT2D eigenvalue weighted by Gasteiger charge is -2.34. The Morgan fingerprint density at radius 1 is 0.947 bits per heavy atom. The van der Waals surface area contributed by atoms with Crippen LogP contribution in [0.3, 0.4) is 0 Å². The molecule has 0 spiro atoms. The van der Waals surface area contributed by atoms with Crippen molar-refractivity contribution in [2.75, 3.05) is 23.9 Å². The Kier molecular flexibility index (Phi) is 7.90. The minimum atomic E-state index is -0.838. The van der Waals surface area contributed by atoms with Crippen LogP contribution in [-0.4, -0.2) is 48.1 Å². The predicted octanol–water partition coefficient (Wildman–Crippen LogP) is 4.23. The summed E-state index contributed by atoms with van der Waals surface area (Å²) in [6.45, 7) is 5.52. The fourth-order valence-electron chi connectivity index (χ4n) is 4.56. The van der Waals surface area contributed by atoms with Crippen LogP contribution in [0.1, 0.15) is 35.3 Å².